The topological polar surface area (TPSA) is 56.7 Å². The van der Waals surface area contributed by atoms with Gasteiger partial charge >= 0.3 is 6.18 Å². The molecule has 14 heavy (non-hydrogen) atoms. The van der Waals surface area contributed by atoms with Crippen molar-refractivity contribution in [2.75, 3.05) is 0 Å². The van der Waals surface area contributed by atoms with Gasteiger partial charge in [0.2, 0.25) is 0 Å². The van der Waals surface area contributed by atoms with Crippen molar-refractivity contribution in [3.05, 3.63) is 11.9 Å². The molecule has 1 heterocycles. The van der Waals surface area contributed by atoms with Crippen LogP contribution in [0.3, 0.4) is 0 Å². The number of nitrogens with two attached hydrogens (primary N) is 1. The lowest BCUT2D eigenvalue weighted by molar-refractivity contribution is -0.138. The van der Waals surface area contributed by atoms with Crippen molar-refractivity contribution in [1.82, 2.24) is 15.0 Å². The highest BCUT2D eigenvalue weighted by Gasteiger charge is 2.30. The van der Waals surface area contributed by atoms with Crippen LogP contribution in [0.15, 0.2) is 6.20 Å². The molecule has 1 atom stereocenters. The Balaban J connectivity index is 2.45. The van der Waals surface area contributed by atoms with Crippen LogP contribution in [0, 0.1) is 0 Å². The SMILES string of the molecule is Cn1cc(CC(N)CC(F)(F)F)nn1. The highest BCUT2D eigenvalue weighted by Crippen LogP contribution is 2.21. The molecule has 0 spiro atoms. The second-order valence-corrected chi connectivity index (χ2v) is 3.17. The van der Waals surface area contributed by atoms with E-state index in [0.717, 1.165) is 0 Å². The Morgan fingerprint density at radius 3 is 2.64 bits per heavy atom. The lowest BCUT2D eigenvalue weighted by Gasteiger charge is -2.11. The molecule has 7 heteroatoms. The molecule has 0 saturated heterocycles. The molecule has 1 unspecified atom stereocenters. The summed E-state index contributed by atoms with van der Waals surface area (Å²) in [4.78, 5) is 0. The molecule has 1 rings (SSSR count). The van der Waals surface area contributed by atoms with Crippen LogP contribution in [0.5, 0.6) is 0 Å². The molecular weight excluding hydrogens is 197 g/mol. The van der Waals surface area contributed by atoms with Crippen LogP contribution in [-0.4, -0.2) is 27.2 Å². The van der Waals surface area contributed by atoms with Crippen LogP contribution in [0.4, 0.5) is 13.2 Å². The summed E-state index contributed by atoms with van der Waals surface area (Å²) >= 11 is 0. The molecule has 0 radical (unpaired) electrons. The minimum atomic E-state index is -4.22. The van der Waals surface area contributed by atoms with Gasteiger partial charge in [-0.2, -0.15) is 13.2 Å². The van der Waals surface area contributed by atoms with Crippen molar-refractivity contribution < 1.29 is 13.2 Å². The molecule has 0 amide bonds. The fourth-order valence-corrected chi connectivity index (χ4v) is 1.13. The highest BCUT2D eigenvalue weighted by molar-refractivity contribution is 4.95. The first-order valence-corrected chi connectivity index (χ1v) is 4.04. The molecule has 0 saturated carbocycles. The predicted molar refractivity (Wildman–Crippen MR) is 43.4 cm³/mol. The normalized spacial score (nSPS) is 14.4. The monoisotopic (exact) mass is 208 g/mol. The fraction of sp³-hybridized carbons (Fsp3) is 0.714. The summed E-state index contributed by atoms with van der Waals surface area (Å²) in [5.41, 5.74) is 5.78. The van der Waals surface area contributed by atoms with E-state index >= 15 is 0 Å². The Bertz CT molecular complexity index is 293. The van der Waals surface area contributed by atoms with E-state index < -0.39 is 18.6 Å². The largest absolute Gasteiger partial charge is 0.390 e. The first kappa shape index (κ1) is 11.0. The number of aromatic nitrogens is 3. The predicted octanol–water partition coefficient (Wildman–Crippen LogP) is 0.637. The third-order valence-electron chi connectivity index (χ3n) is 1.62. The Kier molecular flexibility index (Phi) is 3.10. The van der Waals surface area contributed by atoms with Crippen molar-refractivity contribution in [1.29, 1.82) is 0 Å². The van der Waals surface area contributed by atoms with Crippen LogP contribution < -0.4 is 5.73 Å². The van der Waals surface area contributed by atoms with E-state index in [9.17, 15) is 13.2 Å². The molecule has 0 fully saturated rings. The maximum absolute atomic E-state index is 11.9. The maximum Gasteiger partial charge on any atom is 0.390 e. The Labute approximate surface area is 78.9 Å². The van der Waals surface area contributed by atoms with Gasteiger partial charge in [0, 0.05) is 25.7 Å². The number of aryl methyl sites for hydroxylation is 1. The number of hydrogen-bond acceptors (Lipinski definition) is 3. The highest BCUT2D eigenvalue weighted by atomic mass is 19.4. The molecule has 2 N–H and O–H groups in total. The van der Waals surface area contributed by atoms with Gasteiger partial charge in [0.05, 0.1) is 12.1 Å². The van der Waals surface area contributed by atoms with E-state index in [1.807, 2.05) is 0 Å². The molecular formula is C7H11F3N4. The second-order valence-electron chi connectivity index (χ2n) is 3.17. The number of rotatable bonds is 3. The standard InChI is InChI=1S/C7H11F3N4/c1-14-4-6(12-13-14)2-5(11)3-7(8,9)10/h4-5H,2-3,11H2,1H3. The van der Waals surface area contributed by atoms with Crippen molar-refractivity contribution in [3.63, 3.8) is 0 Å². The molecule has 0 bridgehead atoms. The van der Waals surface area contributed by atoms with Gasteiger partial charge in [-0.15, -0.1) is 5.10 Å². The van der Waals surface area contributed by atoms with Crippen molar-refractivity contribution >= 4 is 0 Å². The molecule has 1 aromatic rings. The number of nitrogens with zero attached hydrogens (tertiary/aromatic N) is 3. The fourth-order valence-electron chi connectivity index (χ4n) is 1.13. The molecule has 80 valence electrons. The zero-order valence-electron chi connectivity index (χ0n) is 7.62. The summed E-state index contributed by atoms with van der Waals surface area (Å²) < 4.78 is 37.1. The minimum Gasteiger partial charge on any atom is -0.327 e. The third kappa shape index (κ3) is 3.73. The summed E-state index contributed by atoms with van der Waals surface area (Å²) in [7, 11) is 1.64. The summed E-state index contributed by atoms with van der Waals surface area (Å²) in [5, 5.41) is 7.25. The zero-order chi connectivity index (χ0) is 10.8. The van der Waals surface area contributed by atoms with Crippen LogP contribution in [0.1, 0.15) is 12.1 Å². The van der Waals surface area contributed by atoms with Crippen molar-refractivity contribution in [2.45, 2.75) is 25.1 Å². The van der Waals surface area contributed by atoms with Gasteiger partial charge in [-0.25, -0.2) is 0 Å². The van der Waals surface area contributed by atoms with Crippen molar-refractivity contribution in [2.24, 2.45) is 12.8 Å². The number of alkyl halides is 3. The summed E-state index contributed by atoms with van der Waals surface area (Å²) in [6.07, 6.45) is -3.57. The first-order chi connectivity index (χ1) is 6.37. The molecule has 0 aliphatic rings. The Morgan fingerprint density at radius 1 is 1.57 bits per heavy atom. The van der Waals surface area contributed by atoms with E-state index in [4.69, 9.17) is 5.73 Å². The molecule has 0 aliphatic carbocycles. The third-order valence-corrected chi connectivity index (χ3v) is 1.62. The first-order valence-electron chi connectivity index (χ1n) is 4.04. The lowest BCUT2D eigenvalue weighted by atomic mass is 10.1. The molecule has 0 aromatic carbocycles. The quantitative estimate of drug-likeness (QED) is 0.792. The smallest absolute Gasteiger partial charge is 0.327 e. The number of halogens is 3. The summed E-state index contributed by atoms with van der Waals surface area (Å²) in [6, 6.07) is -0.952. The molecule has 4 nitrogen and oxygen atoms in total. The maximum atomic E-state index is 11.9. The lowest BCUT2D eigenvalue weighted by Crippen LogP contribution is -2.29. The molecule has 0 aliphatic heterocycles. The Hall–Kier alpha value is -1.11. The average molecular weight is 208 g/mol. The van der Waals surface area contributed by atoms with Gasteiger partial charge < -0.3 is 5.73 Å². The van der Waals surface area contributed by atoms with E-state index in [1.54, 1.807) is 13.2 Å². The molecule has 1 aromatic heterocycles. The zero-order valence-corrected chi connectivity index (χ0v) is 7.62. The summed E-state index contributed by atoms with van der Waals surface area (Å²) in [6.45, 7) is 0. The second kappa shape index (κ2) is 3.95. The minimum absolute atomic E-state index is 0.0906. The Morgan fingerprint density at radius 2 is 2.21 bits per heavy atom. The van der Waals surface area contributed by atoms with Crippen LogP contribution >= 0.6 is 0 Å². The van der Waals surface area contributed by atoms with Crippen LogP contribution in [0.2, 0.25) is 0 Å². The van der Waals surface area contributed by atoms with Gasteiger partial charge in [-0.3, -0.25) is 4.68 Å². The van der Waals surface area contributed by atoms with Crippen LogP contribution in [-0.2, 0) is 13.5 Å². The van der Waals surface area contributed by atoms with Crippen LogP contribution in [0.25, 0.3) is 0 Å². The summed E-state index contributed by atoms with van der Waals surface area (Å²) in [5.74, 6) is 0. The van der Waals surface area contributed by atoms with Crippen molar-refractivity contribution in [3.8, 4) is 0 Å². The van der Waals surface area contributed by atoms with Gasteiger partial charge in [-0.05, 0) is 0 Å². The number of hydrogen-bond donors (Lipinski definition) is 1. The van der Waals surface area contributed by atoms with Gasteiger partial charge in [0.1, 0.15) is 0 Å². The van der Waals surface area contributed by atoms with E-state index in [0.29, 0.717) is 5.69 Å². The van der Waals surface area contributed by atoms with Gasteiger partial charge in [0.25, 0.3) is 0 Å². The van der Waals surface area contributed by atoms with E-state index in [2.05, 4.69) is 10.3 Å². The van der Waals surface area contributed by atoms with E-state index in [-0.39, 0.29) is 6.42 Å². The van der Waals surface area contributed by atoms with Gasteiger partial charge in [0.15, 0.2) is 0 Å². The average Bonchev–Trinajstić information content (AvgIpc) is 2.30. The van der Waals surface area contributed by atoms with E-state index in [1.165, 1.54) is 4.68 Å². The van der Waals surface area contributed by atoms with Gasteiger partial charge in [-0.1, -0.05) is 5.21 Å².